The molecule has 0 N–H and O–H groups in total. The van der Waals surface area contributed by atoms with Crippen LogP contribution in [0.15, 0.2) is 23.0 Å². The molecule has 1 aliphatic carbocycles. The number of benzene rings is 1. The lowest BCUT2D eigenvalue weighted by Gasteiger charge is -2.18. The summed E-state index contributed by atoms with van der Waals surface area (Å²) in [5.74, 6) is 0.395. The second-order valence-electron chi connectivity index (χ2n) is 6.37. The molecule has 0 saturated heterocycles. The Balaban J connectivity index is 2.08. The van der Waals surface area contributed by atoms with Crippen molar-refractivity contribution in [3.63, 3.8) is 0 Å². The molecule has 5 heteroatoms. The van der Waals surface area contributed by atoms with Gasteiger partial charge in [-0.25, -0.2) is 4.79 Å². The Labute approximate surface area is 139 Å². The maximum absolute atomic E-state index is 12.9. The fourth-order valence-corrected chi connectivity index (χ4v) is 4.04. The minimum atomic E-state index is -0.495. The van der Waals surface area contributed by atoms with Gasteiger partial charge in [-0.05, 0) is 50.3 Å². The van der Waals surface area contributed by atoms with E-state index in [0.717, 1.165) is 37.0 Å². The number of carbonyl (C=O) groups excluding carboxylic acids is 1. The van der Waals surface area contributed by atoms with Crippen LogP contribution in [0, 0.1) is 5.92 Å². The van der Waals surface area contributed by atoms with Crippen LogP contribution in [0.25, 0.3) is 10.9 Å². The monoisotopic (exact) mass is 331 g/mol. The highest BCUT2D eigenvalue weighted by Crippen LogP contribution is 2.53. The lowest BCUT2D eigenvalue weighted by Crippen LogP contribution is -2.25. The number of rotatable bonds is 2. The first-order valence-corrected chi connectivity index (χ1v) is 8.52. The van der Waals surface area contributed by atoms with Crippen molar-refractivity contribution in [3.05, 3.63) is 44.7 Å². The van der Waals surface area contributed by atoms with E-state index in [4.69, 9.17) is 16.3 Å². The molecule has 1 aromatic heterocycles. The van der Waals surface area contributed by atoms with Crippen LogP contribution in [0.5, 0.6) is 0 Å². The molecule has 1 aliphatic heterocycles. The minimum Gasteiger partial charge on any atom is -0.462 e. The van der Waals surface area contributed by atoms with Gasteiger partial charge in [-0.3, -0.25) is 4.79 Å². The van der Waals surface area contributed by atoms with Gasteiger partial charge >= 0.3 is 5.97 Å². The molecule has 2 aromatic rings. The van der Waals surface area contributed by atoms with Crippen molar-refractivity contribution in [2.45, 2.75) is 38.6 Å². The number of ether oxygens (including phenoxy) is 1. The number of hydrogen-bond acceptors (Lipinski definition) is 3. The molecule has 120 valence electrons. The van der Waals surface area contributed by atoms with E-state index < -0.39 is 5.97 Å². The van der Waals surface area contributed by atoms with Gasteiger partial charge in [0.05, 0.1) is 12.1 Å². The molecule has 2 atom stereocenters. The second-order valence-corrected chi connectivity index (χ2v) is 6.80. The van der Waals surface area contributed by atoms with E-state index in [-0.39, 0.29) is 17.6 Å². The smallest absolute Gasteiger partial charge is 0.343 e. The number of aromatic nitrogens is 1. The Morgan fingerprint density at radius 3 is 3.04 bits per heavy atom. The first-order valence-electron chi connectivity index (χ1n) is 8.15. The maximum atomic E-state index is 12.9. The second kappa shape index (κ2) is 5.38. The summed E-state index contributed by atoms with van der Waals surface area (Å²) in [6.07, 6.45) is 3.25. The number of hydrogen-bond donors (Lipinski definition) is 0. The van der Waals surface area contributed by atoms with Gasteiger partial charge in [0.15, 0.2) is 0 Å². The molecule has 4 rings (SSSR count). The van der Waals surface area contributed by atoms with E-state index in [1.54, 1.807) is 19.1 Å². The number of pyridine rings is 1. The van der Waals surface area contributed by atoms with Crippen LogP contribution in [0.3, 0.4) is 0 Å². The SMILES string of the molecule is CCOC(=O)c1c2n(c3cc(Cl)ccc3c1=O)CCCC1CC21. The molecule has 1 fully saturated rings. The zero-order chi connectivity index (χ0) is 16.1. The molecule has 1 aromatic carbocycles. The van der Waals surface area contributed by atoms with Crippen LogP contribution in [-0.4, -0.2) is 17.1 Å². The average Bonchev–Trinajstić information content (AvgIpc) is 3.28. The van der Waals surface area contributed by atoms with Crippen molar-refractivity contribution >= 4 is 28.5 Å². The van der Waals surface area contributed by atoms with Crippen LogP contribution in [0.1, 0.15) is 48.2 Å². The summed E-state index contributed by atoms with van der Waals surface area (Å²) in [7, 11) is 0. The fraction of sp³-hybridized carbons (Fsp3) is 0.444. The Kier molecular flexibility index (Phi) is 3.45. The largest absolute Gasteiger partial charge is 0.462 e. The van der Waals surface area contributed by atoms with Gasteiger partial charge in [-0.15, -0.1) is 0 Å². The third kappa shape index (κ3) is 2.27. The number of aryl methyl sites for hydroxylation is 1. The molecular weight excluding hydrogens is 314 g/mol. The van der Waals surface area contributed by atoms with Crippen molar-refractivity contribution in [1.82, 2.24) is 4.57 Å². The Morgan fingerprint density at radius 1 is 1.43 bits per heavy atom. The molecular formula is C18H18ClNO3. The molecule has 23 heavy (non-hydrogen) atoms. The van der Waals surface area contributed by atoms with Crippen LogP contribution in [0.4, 0.5) is 0 Å². The van der Waals surface area contributed by atoms with E-state index >= 15 is 0 Å². The number of nitrogens with zero attached hydrogens (tertiary/aromatic N) is 1. The van der Waals surface area contributed by atoms with Crippen LogP contribution in [0.2, 0.25) is 5.02 Å². The van der Waals surface area contributed by atoms with Gasteiger partial charge in [0.1, 0.15) is 5.56 Å². The third-order valence-corrected chi connectivity index (χ3v) is 5.21. The molecule has 0 radical (unpaired) electrons. The molecule has 4 nitrogen and oxygen atoms in total. The first kappa shape index (κ1) is 14.8. The fourth-order valence-electron chi connectivity index (χ4n) is 3.88. The minimum absolute atomic E-state index is 0.228. The summed E-state index contributed by atoms with van der Waals surface area (Å²) in [5.41, 5.74) is 1.70. The molecule has 2 heterocycles. The van der Waals surface area contributed by atoms with Crippen molar-refractivity contribution in [2.24, 2.45) is 5.92 Å². The third-order valence-electron chi connectivity index (χ3n) is 4.98. The number of esters is 1. The van der Waals surface area contributed by atoms with E-state index in [9.17, 15) is 9.59 Å². The molecule has 0 amide bonds. The summed E-state index contributed by atoms with van der Waals surface area (Å²) >= 11 is 6.15. The quantitative estimate of drug-likeness (QED) is 0.788. The summed E-state index contributed by atoms with van der Waals surface area (Å²) in [5, 5.41) is 1.15. The predicted molar refractivity (Wildman–Crippen MR) is 89.3 cm³/mol. The average molecular weight is 332 g/mol. The predicted octanol–water partition coefficient (Wildman–Crippen LogP) is 3.73. The van der Waals surface area contributed by atoms with Crippen LogP contribution < -0.4 is 5.43 Å². The Bertz CT molecular complexity index is 871. The molecule has 0 spiro atoms. The van der Waals surface area contributed by atoms with Gasteiger partial charge in [0.2, 0.25) is 5.43 Å². The normalized spacial score (nSPS) is 22.2. The summed E-state index contributed by atoms with van der Waals surface area (Å²) in [4.78, 5) is 25.4. The highest BCUT2D eigenvalue weighted by molar-refractivity contribution is 6.31. The van der Waals surface area contributed by atoms with Crippen molar-refractivity contribution in [1.29, 1.82) is 0 Å². The maximum Gasteiger partial charge on any atom is 0.343 e. The zero-order valence-electron chi connectivity index (χ0n) is 13.0. The zero-order valence-corrected chi connectivity index (χ0v) is 13.7. The highest BCUT2D eigenvalue weighted by Gasteiger charge is 2.44. The van der Waals surface area contributed by atoms with E-state index in [1.165, 1.54) is 0 Å². The standard InChI is InChI=1S/C18H18ClNO3/c1-2-23-18(22)15-16-13-8-10(13)4-3-7-20(16)14-9-11(19)5-6-12(14)17(15)21/h5-6,9-10,13H,2-4,7-8H2,1H3. The first-order chi connectivity index (χ1) is 11.1. The van der Waals surface area contributed by atoms with Crippen LogP contribution >= 0.6 is 11.6 Å². The topological polar surface area (TPSA) is 48.3 Å². The highest BCUT2D eigenvalue weighted by atomic mass is 35.5. The van der Waals surface area contributed by atoms with Gasteiger partial charge in [0, 0.05) is 28.6 Å². The lowest BCUT2D eigenvalue weighted by atomic mass is 10.0. The number of carbonyl (C=O) groups is 1. The molecule has 2 aliphatic rings. The number of fused-ring (bicyclic) bond motifs is 5. The van der Waals surface area contributed by atoms with Crippen molar-refractivity contribution in [2.75, 3.05) is 6.61 Å². The van der Waals surface area contributed by atoms with Crippen molar-refractivity contribution in [3.8, 4) is 0 Å². The summed E-state index contributed by atoms with van der Waals surface area (Å²) < 4.78 is 7.31. The Hall–Kier alpha value is -1.81. The molecule has 1 saturated carbocycles. The lowest BCUT2D eigenvalue weighted by molar-refractivity contribution is 0.0522. The van der Waals surface area contributed by atoms with E-state index in [0.29, 0.717) is 22.2 Å². The van der Waals surface area contributed by atoms with Crippen molar-refractivity contribution < 1.29 is 9.53 Å². The summed E-state index contributed by atoms with van der Waals surface area (Å²) in [6.45, 7) is 2.84. The molecule has 2 unspecified atom stereocenters. The van der Waals surface area contributed by atoms with Crippen LogP contribution in [-0.2, 0) is 11.3 Å². The summed E-state index contributed by atoms with van der Waals surface area (Å²) in [6, 6.07) is 5.24. The van der Waals surface area contributed by atoms with Gasteiger partial charge in [-0.2, -0.15) is 0 Å². The molecule has 0 bridgehead atoms. The van der Waals surface area contributed by atoms with Gasteiger partial charge in [-0.1, -0.05) is 11.6 Å². The van der Waals surface area contributed by atoms with E-state index in [1.807, 2.05) is 6.07 Å². The van der Waals surface area contributed by atoms with Gasteiger partial charge in [0.25, 0.3) is 0 Å². The number of halogens is 1. The van der Waals surface area contributed by atoms with Gasteiger partial charge < -0.3 is 9.30 Å². The van der Waals surface area contributed by atoms with E-state index in [2.05, 4.69) is 4.57 Å². The Morgan fingerprint density at radius 2 is 2.26 bits per heavy atom.